The minimum absolute atomic E-state index is 0.192. The van der Waals surface area contributed by atoms with Crippen molar-refractivity contribution in [1.29, 1.82) is 0 Å². The molecule has 0 aliphatic carbocycles. The molecule has 0 bridgehead atoms. The number of halogens is 1. The zero-order valence-electron chi connectivity index (χ0n) is 16.9. The molecule has 7 nitrogen and oxygen atoms in total. The topological polar surface area (TPSA) is 86.0 Å². The molecule has 2 amide bonds. The summed E-state index contributed by atoms with van der Waals surface area (Å²) in [6.07, 6.45) is 0. The highest BCUT2D eigenvalue weighted by Crippen LogP contribution is 2.39. The maximum atomic E-state index is 13.4. The van der Waals surface area contributed by atoms with Crippen LogP contribution in [-0.4, -0.2) is 62.6 Å². The van der Waals surface area contributed by atoms with Crippen molar-refractivity contribution < 1.29 is 24.2 Å². The van der Waals surface area contributed by atoms with Crippen LogP contribution >= 0.6 is 0 Å². The SMILES string of the molecule is CC(C)N(C)C(=O)c1c(O)c(O)c(C(=O)N(C)C(C)C)n1-c1ccc(F)cc1. The van der Waals surface area contributed by atoms with E-state index in [0.717, 1.165) is 0 Å². The third-order valence-electron chi connectivity index (χ3n) is 4.80. The number of rotatable bonds is 5. The van der Waals surface area contributed by atoms with E-state index in [-0.39, 0.29) is 29.2 Å². The summed E-state index contributed by atoms with van der Waals surface area (Å²) >= 11 is 0. The fourth-order valence-electron chi connectivity index (χ4n) is 2.59. The van der Waals surface area contributed by atoms with Crippen molar-refractivity contribution in [3.63, 3.8) is 0 Å². The lowest BCUT2D eigenvalue weighted by Gasteiger charge is -2.24. The Morgan fingerprint density at radius 1 is 0.857 bits per heavy atom. The number of benzene rings is 1. The van der Waals surface area contributed by atoms with Crippen LogP contribution in [0.2, 0.25) is 0 Å². The van der Waals surface area contributed by atoms with Gasteiger partial charge in [0.25, 0.3) is 11.8 Å². The molecule has 0 aliphatic rings. The number of carbonyl (C=O) groups excluding carboxylic acids is 2. The zero-order valence-corrected chi connectivity index (χ0v) is 16.9. The van der Waals surface area contributed by atoms with Gasteiger partial charge in [-0.2, -0.15) is 0 Å². The highest BCUT2D eigenvalue weighted by Gasteiger charge is 2.35. The smallest absolute Gasteiger partial charge is 0.274 e. The van der Waals surface area contributed by atoms with Crippen molar-refractivity contribution in [3.8, 4) is 17.2 Å². The first-order valence-electron chi connectivity index (χ1n) is 8.95. The average molecular weight is 391 g/mol. The Bertz CT molecular complexity index is 838. The van der Waals surface area contributed by atoms with E-state index in [4.69, 9.17) is 0 Å². The van der Waals surface area contributed by atoms with Gasteiger partial charge in [-0.05, 0) is 52.0 Å². The van der Waals surface area contributed by atoms with Gasteiger partial charge in [-0.3, -0.25) is 14.2 Å². The first-order valence-corrected chi connectivity index (χ1v) is 8.95. The summed E-state index contributed by atoms with van der Waals surface area (Å²) in [7, 11) is 3.10. The highest BCUT2D eigenvalue weighted by molar-refractivity contribution is 6.04. The molecule has 0 fully saturated rings. The minimum Gasteiger partial charge on any atom is -0.503 e. The number of amides is 2. The molecule has 1 aromatic carbocycles. The molecular weight excluding hydrogens is 365 g/mol. The molecule has 1 aromatic heterocycles. The van der Waals surface area contributed by atoms with Crippen LogP contribution < -0.4 is 0 Å². The Labute approximate surface area is 163 Å². The molecule has 0 radical (unpaired) electrons. The van der Waals surface area contributed by atoms with Gasteiger partial charge in [0.15, 0.2) is 22.9 Å². The van der Waals surface area contributed by atoms with Gasteiger partial charge in [0.2, 0.25) is 0 Å². The molecule has 8 heteroatoms. The number of aromatic nitrogens is 1. The van der Waals surface area contributed by atoms with Crippen molar-refractivity contribution >= 4 is 11.8 Å². The fraction of sp³-hybridized carbons (Fsp3) is 0.400. The molecule has 2 aromatic rings. The number of hydrogen-bond acceptors (Lipinski definition) is 4. The maximum absolute atomic E-state index is 13.4. The highest BCUT2D eigenvalue weighted by atomic mass is 19.1. The monoisotopic (exact) mass is 391 g/mol. The van der Waals surface area contributed by atoms with Crippen molar-refractivity contribution in [1.82, 2.24) is 14.4 Å². The summed E-state index contributed by atoms with van der Waals surface area (Å²) < 4.78 is 14.6. The predicted molar refractivity (Wildman–Crippen MR) is 104 cm³/mol. The molecule has 0 saturated carbocycles. The molecule has 0 unspecified atom stereocenters. The molecule has 2 rings (SSSR count). The second kappa shape index (κ2) is 7.92. The van der Waals surface area contributed by atoms with Crippen LogP contribution in [0.4, 0.5) is 4.39 Å². The number of carbonyl (C=O) groups is 2. The van der Waals surface area contributed by atoms with E-state index in [1.54, 1.807) is 41.8 Å². The first kappa shape index (κ1) is 21.3. The molecule has 0 atom stereocenters. The molecule has 1 heterocycles. The Kier molecular flexibility index (Phi) is 6.01. The Hall–Kier alpha value is -3.03. The van der Waals surface area contributed by atoms with Crippen LogP contribution in [0.3, 0.4) is 0 Å². The van der Waals surface area contributed by atoms with Crippen molar-refractivity contribution in [2.24, 2.45) is 0 Å². The average Bonchev–Trinajstić information content (AvgIpc) is 2.90. The number of nitrogens with zero attached hydrogens (tertiary/aromatic N) is 3. The Morgan fingerprint density at radius 3 is 1.54 bits per heavy atom. The van der Waals surface area contributed by atoms with Gasteiger partial charge in [-0.1, -0.05) is 0 Å². The lowest BCUT2D eigenvalue weighted by atomic mass is 10.2. The van der Waals surface area contributed by atoms with Crippen molar-refractivity contribution in [2.75, 3.05) is 14.1 Å². The summed E-state index contributed by atoms with van der Waals surface area (Å²) in [5, 5.41) is 21.0. The van der Waals surface area contributed by atoms with Gasteiger partial charge in [0.05, 0.1) is 0 Å². The van der Waals surface area contributed by atoms with Gasteiger partial charge in [0.1, 0.15) is 5.82 Å². The van der Waals surface area contributed by atoms with E-state index in [0.29, 0.717) is 0 Å². The molecule has 2 N–H and O–H groups in total. The molecular formula is C20H26FN3O4. The third kappa shape index (κ3) is 3.67. The molecule has 0 spiro atoms. The van der Waals surface area contributed by atoms with Crippen LogP contribution in [0.25, 0.3) is 5.69 Å². The standard InChI is InChI=1S/C20H26FN3O4/c1-11(2)22(5)19(27)15-17(25)18(26)16(20(28)23(6)12(3)4)24(15)14-9-7-13(21)8-10-14/h7-12,25-26H,1-6H3. The van der Waals surface area contributed by atoms with Gasteiger partial charge in [-0.25, -0.2) is 4.39 Å². The lowest BCUT2D eigenvalue weighted by Crippen LogP contribution is -2.36. The van der Waals surface area contributed by atoms with E-state index in [1.807, 2.05) is 0 Å². The van der Waals surface area contributed by atoms with E-state index in [9.17, 15) is 24.2 Å². The predicted octanol–water partition coefficient (Wildman–Crippen LogP) is 2.99. The summed E-state index contributed by atoms with van der Waals surface area (Å²) in [5.74, 6) is -3.05. The fourth-order valence-corrected chi connectivity index (χ4v) is 2.59. The van der Waals surface area contributed by atoms with Gasteiger partial charge in [-0.15, -0.1) is 0 Å². The Balaban J connectivity index is 2.82. The second-order valence-electron chi connectivity index (χ2n) is 7.23. The number of hydrogen-bond donors (Lipinski definition) is 2. The van der Waals surface area contributed by atoms with Crippen molar-refractivity contribution in [3.05, 3.63) is 41.5 Å². The Morgan fingerprint density at radius 2 is 1.21 bits per heavy atom. The zero-order chi connectivity index (χ0) is 21.3. The van der Waals surface area contributed by atoms with E-state index < -0.39 is 29.1 Å². The van der Waals surface area contributed by atoms with Crippen LogP contribution in [-0.2, 0) is 0 Å². The van der Waals surface area contributed by atoms with Gasteiger partial charge < -0.3 is 20.0 Å². The summed E-state index contributed by atoms with van der Waals surface area (Å²) in [5.41, 5.74) is -0.264. The van der Waals surface area contributed by atoms with Crippen molar-refractivity contribution in [2.45, 2.75) is 39.8 Å². The normalized spacial score (nSPS) is 11.2. The summed E-state index contributed by atoms with van der Waals surface area (Å²) in [4.78, 5) is 28.7. The molecule has 28 heavy (non-hydrogen) atoms. The quantitative estimate of drug-likeness (QED) is 0.820. The lowest BCUT2D eigenvalue weighted by molar-refractivity contribution is 0.0738. The third-order valence-corrected chi connectivity index (χ3v) is 4.80. The maximum Gasteiger partial charge on any atom is 0.274 e. The van der Waals surface area contributed by atoms with E-state index >= 15 is 0 Å². The van der Waals surface area contributed by atoms with Crippen LogP contribution in [0.15, 0.2) is 24.3 Å². The summed E-state index contributed by atoms with van der Waals surface area (Å²) in [6, 6.07) is 4.69. The largest absolute Gasteiger partial charge is 0.503 e. The second-order valence-corrected chi connectivity index (χ2v) is 7.23. The first-order chi connectivity index (χ1) is 13.0. The van der Waals surface area contributed by atoms with E-state index in [2.05, 4.69) is 0 Å². The molecule has 0 saturated heterocycles. The van der Waals surface area contributed by atoms with Gasteiger partial charge >= 0.3 is 0 Å². The van der Waals surface area contributed by atoms with Crippen LogP contribution in [0, 0.1) is 5.82 Å². The molecule has 0 aliphatic heterocycles. The van der Waals surface area contributed by atoms with Gasteiger partial charge in [0, 0.05) is 31.9 Å². The van der Waals surface area contributed by atoms with E-state index in [1.165, 1.54) is 38.6 Å². The van der Waals surface area contributed by atoms with Crippen LogP contribution in [0.5, 0.6) is 11.5 Å². The summed E-state index contributed by atoms with van der Waals surface area (Å²) in [6.45, 7) is 7.16. The minimum atomic E-state index is -0.692. The molecule has 152 valence electrons. The van der Waals surface area contributed by atoms with Crippen LogP contribution in [0.1, 0.15) is 48.7 Å². The number of aromatic hydroxyl groups is 2.